The molecule has 3 aromatic rings. The highest BCUT2D eigenvalue weighted by Gasteiger charge is 2.73. The largest absolute Gasteiger partial charge is 0.370 e. The highest BCUT2D eigenvalue weighted by molar-refractivity contribution is 6.12. The zero-order valence-corrected chi connectivity index (χ0v) is 23.7. The van der Waals surface area contributed by atoms with Crippen molar-refractivity contribution in [3.05, 3.63) is 77.9 Å². The van der Waals surface area contributed by atoms with Crippen molar-refractivity contribution in [3.63, 3.8) is 0 Å². The van der Waals surface area contributed by atoms with Gasteiger partial charge in [0.05, 0.1) is 12.6 Å². The van der Waals surface area contributed by atoms with Gasteiger partial charge in [-0.1, -0.05) is 54.1 Å². The van der Waals surface area contributed by atoms with Crippen LogP contribution in [0.1, 0.15) is 15.9 Å². The highest BCUT2D eigenvalue weighted by atomic mass is 16.5. The van der Waals surface area contributed by atoms with Crippen LogP contribution in [0.5, 0.6) is 0 Å². The second-order valence-electron chi connectivity index (χ2n) is 11.5. The molecule has 3 aromatic carbocycles. The molecular formula is C30H31N9O5. The minimum atomic E-state index is -2.67. The van der Waals surface area contributed by atoms with Crippen LogP contribution in [0, 0.1) is 6.92 Å². The van der Waals surface area contributed by atoms with E-state index in [-0.39, 0.29) is 31.6 Å². The SMILES string of the molecule is Cc1ccc2cccc(C(=O)NC3CN4C(N)=N[C@@H](CN5C(=O)CN(c6ccccc6)C5=O)[C@@H]5N=C(N)NC54C3(O)O)c2c1. The zero-order valence-electron chi connectivity index (χ0n) is 23.7. The molecule has 7 rings (SSSR count). The monoisotopic (exact) mass is 597 g/mol. The molecule has 44 heavy (non-hydrogen) atoms. The summed E-state index contributed by atoms with van der Waals surface area (Å²) in [6.45, 7) is 1.39. The number of hydrogen-bond donors (Lipinski definition) is 6. The van der Waals surface area contributed by atoms with Gasteiger partial charge in [0, 0.05) is 17.8 Å². The fourth-order valence-corrected chi connectivity index (χ4v) is 6.77. The van der Waals surface area contributed by atoms with E-state index in [4.69, 9.17) is 11.5 Å². The molecule has 4 atom stereocenters. The number of nitrogens with zero attached hydrogens (tertiary/aromatic N) is 5. The topological polar surface area (TPSA) is 202 Å². The molecule has 0 aliphatic carbocycles. The Morgan fingerprint density at radius 1 is 1.07 bits per heavy atom. The third kappa shape index (κ3) is 3.91. The predicted octanol–water partition coefficient (Wildman–Crippen LogP) is -0.608. The van der Waals surface area contributed by atoms with E-state index < -0.39 is 47.4 Å². The summed E-state index contributed by atoms with van der Waals surface area (Å²) in [5, 5.41) is 30.9. The molecule has 2 saturated heterocycles. The first kappa shape index (κ1) is 27.6. The standard InChI is InChI=1S/C30H31N9O5/c1-16-10-11-17-6-5-9-19(20(17)12-16)25(41)34-22-14-39-27(32)33-21(24-29(39,30(22,43)44)36-26(31)35-24)13-38-23(40)15-37(28(38)42)18-7-3-2-4-8-18/h2-12,21-22,24,43-44H,13-15H2,1H3,(H2,32,33)(H,34,41)(H3,31,35,36)/t21-,22?,24-,29?/m0/s1. The van der Waals surface area contributed by atoms with Crippen molar-refractivity contribution in [2.75, 3.05) is 24.5 Å². The summed E-state index contributed by atoms with van der Waals surface area (Å²) in [6, 6.07) is 16.0. The second-order valence-corrected chi connectivity index (χ2v) is 11.5. The summed E-state index contributed by atoms with van der Waals surface area (Å²) in [7, 11) is 0. The molecule has 4 heterocycles. The molecule has 0 aromatic heterocycles. The number of urea groups is 1. The van der Waals surface area contributed by atoms with E-state index in [2.05, 4.69) is 20.6 Å². The van der Waals surface area contributed by atoms with Gasteiger partial charge < -0.3 is 37.2 Å². The predicted molar refractivity (Wildman–Crippen MR) is 161 cm³/mol. The van der Waals surface area contributed by atoms with E-state index in [0.29, 0.717) is 11.3 Å². The zero-order chi connectivity index (χ0) is 31.0. The van der Waals surface area contributed by atoms with Gasteiger partial charge in [-0.15, -0.1) is 0 Å². The van der Waals surface area contributed by atoms with Gasteiger partial charge in [-0.2, -0.15) is 0 Å². The molecule has 4 aliphatic heterocycles. The van der Waals surface area contributed by atoms with Crippen LogP contribution >= 0.6 is 0 Å². The van der Waals surface area contributed by atoms with E-state index in [9.17, 15) is 24.6 Å². The van der Waals surface area contributed by atoms with Crippen molar-refractivity contribution in [1.82, 2.24) is 20.4 Å². The van der Waals surface area contributed by atoms with Gasteiger partial charge in [-0.25, -0.2) is 14.8 Å². The van der Waals surface area contributed by atoms with Crippen LogP contribution in [-0.2, 0) is 4.79 Å². The maximum absolute atomic E-state index is 13.6. The van der Waals surface area contributed by atoms with Crippen molar-refractivity contribution in [2.24, 2.45) is 21.5 Å². The molecule has 14 heteroatoms. The number of anilines is 1. The van der Waals surface area contributed by atoms with Crippen LogP contribution in [0.4, 0.5) is 10.5 Å². The highest BCUT2D eigenvalue weighted by Crippen LogP contribution is 2.45. The maximum Gasteiger partial charge on any atom is 0.331 e. The number of rotatable bonds is 5. The second kappa shape index (κ2) is 9.65. The lowest BCUT2D eigenvalue weighted by atomic mass is 9.84. The molecule has 0 bridgehead atoms. The number of imide groups is 1. The Labute approximate surface area is 251 Å². The molecule has 4 amide bonds. The van der Waals surface area contributed by atoms with Gasteiger partial charge in [0.25, 0.3) is 11.8 Å². The van der Waals surface area contributed by atoms with Crippen LogP contribution in [0.3, 0.4) is 0 Å². The summed E-state index contributed by atoms with van der Waals surface area (Å²) in [5.41, 5.74) is 12.6. The Morgan fingerprint density at radius 3 is 2.61 bits per heavy atom. The number of aliphatic imine (C=N–C) groups is 2. The number of amides is 4. The maximum atomic E-state index is 13.6. The fraction of sp³-hybridized carbons (Fsp3) is 0.300. The Hall–Kier alpha value is -5.21. The van der Waals surface area contributed by atoms with Crippen LogP contribution in [0.25, 0.3) is 10.8 Å². The third-order valence-electron chi connectivity index (χ3n) is 8.88. The summed E-state index contributed by atoms with van der Waals surface area (Å²) in [5.74, 6) is -3.84. The van der Waals surface area contributed by atoms with E-state index in [1.807, 2.05) is 31.2 Å². The molecule has 2 unspecified atom stereocenters. The lowest BCUT2D eigenvalue weighted by Gasteiger charge is -2.49. The van der Waals surface area contributed by atoms with E-state index >= 15 is 0 Å². The Morgan fingerprint density at radius 2 is 1.84 bits per heavy atom. The van der Waals surface area contributed by atoms with Gasteiger partial charge in [0.2, 0.25) is 5.79 Å². The van der Waals surface area contributed by atoms with Crippen LogP contribution < -0.4 is 27.0 Å². The van der Waals surface area contributed by atoms with Crippen molar-refractivity contribution in [2.45, 2.75) is 36.5 Å². The first-order chi connectivity index (χ1) is 21.0. The Balaban J connectivity index is 1.18. The van der Waals surface area contributed by atoms with Crippen LogP contribution in [-0.4, -0.2) is 99.0 Å². The number of aliphatic hydroxyl groups is 2. The lowest BCUT2D eigenvalue weighted by Crippen LogP contribution is -2.78. The molecule has 2 fully saturated rings. The summed E-state index contributed by atoms with van der Waals surface area (Å²) < 4.78 is 0. The normalized spacial score (nSPS) is 27.2. The summed E-state index contributed by atoms with van der Waals surface area (Å²) >= 11 is 0. The first-order valence-corrected chi connectivity index (χ1v) is 14.2. The minimum absolute atomic E-state index is 0.0901. The van der Waals surface area contributed by atoms with E-state index in [0.717, 1.165) is 21.2 Å². The molecule has 4 aliphatic rings. The minimum Gasteiger partial charge on any atom is -0.370 e. The van der Waals surface area contributed by atoms with E-state index in [1.165, 1.54) is 9.80 Å². The Bertz CT molecular complexity index is 1780. The van der Waals surface area contributed by atoms with Gasteiger partial charge >= 0.3 is 6.03 Å². The number of guanidine groups is 2. The van der Waals surface area contributed by atoms with Crippen LogP contribution in [0.2, 0.25) is 0 Å². The number of nitrogens with two attached hydrogens (primary N) is 2. The number of para-hydroxylation sites is 1. The van der Waals surface area contributed by atoms with Crippen molar-refractivity contribution in [1.29, 1.82) is 0 Å². The molecule has 1 spiro atoms. The van der Waals surface area contributed by atoms with Gasteiger partial charge in [0.15, 0.2) is 17.6 Å². The average Bonchev–Trinajstić information content (AvgIpc) is 3.58. The van der Waals surface area contributed by atoms with Gasteiger partial charge in [0.1, 0.15) is 18.6 Å². The van der Waals surface area contributed by atoms with Crippen molar-refractivity contribution >= 4 is 46.2 Å². The molecule has 8 N–H and O–H groups in total. The quantitative estimate of drug-likeness (QED) is 0.164. The summed E-state index contributed by atoms with van der Waals surface area (Å²) in [6.07, 6.45) is 0. The number of benzene rings is 3. The number of nitrogens with one attached hydrogen (secondary N) is 2. The van der Waals surface area contributed by atoms with Crippen molar-refractivity contribution < 1.29 is 24.6 Å². The molecule has 0 saturated carbocycles. The van der Waals surface area contributed by atoms with Crippen LogP contribution in [0.15, 0.2) is 76.7 Å². The number of aryl methyl sites for hydroxylation is 1. The third-order valence-corrected chi connectivity index (χ3v) is 8.88. The number of carbonyl (C=O) groups excluding carboxylic acids is 3. The fourth-order valence-electron chi connectivity index (χ4n) is 6.77. The number of carbonyl (C=O) groups is 3. The number of hydrogen-bond acceptors (Lipinski definition) is 11. The molecule has 0 radical (unpaired) electrons. The van der Waals surface area contributed by atoms with Gasteiger partial charge in [-0.05, 0) is 35.9 Å². The first-order valence-electron chi connectivity index (χ1n) is 14.2. The molecule has 14 nitrogen and oxygen atoms in total. The summed E-state index contributed by atoms with van der Waals surface area (Å²) in [4.78, 5) is 52.7. The van der Waals surface area contributed by atoms with Crippen molar-refractivity contribution in [3.8, 4) is 0 Å². The Kier molecular flexibility index (Phi) is 6.06. The van der Waals surface area contributed by atoms with E-state index in [1.54, 1.807) is 42.5 Å². The average molecular weight is 598 g/mol. The molecular weight excluding hydrogens is 566 g/mol. The molecule has 226 valence electrons. The smallest absolute Gasteiger partial charge is 0.331 e. The van der Waals surface area contributed by atoms with Gasteiger partial charge in [-0.3, -0.25) is 19.4 Å². The lowest BCUT2D eigenvalue weighted by molar-refractivity contribution is -0.230. The number of fused-ring (bicyclic) bond motifs is 1.